The molecule has 22 heavy (non-hydrogen) atoms. The van der Waals surface area contributed by atoms with E-state index in [1.807, 2.05) is 37.6 Å². The molecular formula is C16H13N5O. The standard InChI is InChI=1S/C16H13N5O/c1-21-9-11(8-20-21)12-4-5-18-13-6-14(22-16(12)13)10-2-3-15(17)19-7-10/h2-9H,1H3,(H2,17,19). The second-order valence-corrected chi connectivity index (χ2v) is 5.06. The molecule has 6 nitrogen and oxygen atoms in total. The van der Waals surface area contributed by atoms with Crippen LogP contribution in [0.3, 0.4) is 0 Å². The minimum absolute atomic E-state index is 0.481. The number of nitrogen functional groups attached to an aromatic ring is 1. The van der Waals surface area contributed by atoms with Crippen molar-refractivity contribution in [1.29, 1.82) is 0 Å². The average Bonchev–Trinajstić information content (AvgIpc) is 3.13. The molecule has 4 rings (SSSR count). The Balaban J connectivity index is 1.89. The molecule has 0 spiro atoms. The van der Waals surface area contributed by atoms with Gasteiger partial charge in [0, 0.05) is 48.4 Å². The Labute approximate surface area is 126 Å². The van der Waals surface area contributed by atoms with Crippen molar-refractivity contribution >= 4 is 16.9 Å². The highest BCUT2D eigenvalue weighted by molar-refractivity contribution is 5.92. The van der Waals surface area contributed by atoms with Gasteiger partial charge in [0.25, 0.3) is 0 Å². The molecule has 0 fully saturated rings. The first-order chi connectivity index (χ1) is 10.7. The van der Waals surface area contributed by atoms with E-state index in [2.05, 4.69) is 15.1 Å². The van der Waals surface area contributed by atoms with Gasteiger partial charge in [-0.1, -0.05) is 0 Å². The summed E-state index contributed by atoms with van der Waals surface area (Å²) in [6.07, 6.45) is 7.21. The van der Waals surface area contributed by atoms with Gasteiger partial charge >= 0.3 is 0 Å². The summed E-state index contributed by atoms with van der Waals surface area (Å²) in [7, 11) is 1.88. The lowest BCUT2D eigenvalue weighted by Crippen LogP contribution is -1.88. The third-order valence-electron chi connectivity index (χ3n) is 3.50. The van der Waals surface area contributed by atoms with E-state index in [9.17, 15) is 0 Å². The van der Waals surface area contributed by atoms with Gasteiger partial charge < -0.3 is 10.2 Å². The fourth-order valence-corrected chi connectivity index (χ4v) is 2.42. The molecule has 0 bridgehead atoms. The van der Waals surface area contributed by atoms with Crippen molar-refractivity contribution in [3.8, 4) is 22.5 Å². The Bertz CT molecular complexity index is 952. The number of furan rings is 1. The molecule has 4 heterocycles. The topological polar surface area (TPSA) is 82.8 Å². The first-order valence-corrected chi connectivity index (χ1v) is 6.80. The van der Waals surface area contributed by atoms with Crippen molar-refractivity contribution in [1.82, 2.24) is 19.7 Å². The normalized spacial score (nSPS) is 11.1. The number of pyridine rings is 2. The highest BCUT2D eigenvalue weighted by atomic mass is 16.3. The van der Waals surface area contributed by atoms with Crippen LogP contribution in [0, 0.1) is 0 Å². The average molecular weight is 291 g/mol. The van der Waals surface area contributed by atoms with E-state index in [1.165, 1.54) is 0 Å². The quantitative estimate of drug-likeness (QED) is 0.614. The molecule has 0 saturated carbocycles. The number of nitrogens with zero attached hydrogens (tertiary/aromatic N) is 4. The highest BCUT2D eigenvalue weighted by Crippen LogP contribution is 2.33. The zero-order valence-electron chi connectivity index (χ0n) is 11.9. The second kappa shape index (κ2) is 4.70. The second-order valence-electron chi connectivity index (χ2n) is 5.06. The minimum atomic E-state index is 0.481. The molecule has 0 amide bonds. The minimum Gasteiger partial charge on any atom is -0.454 e. The van der Waals surface area contributed by atoms with E-state index >= 15 is 0 Å². The summed E-state index contributed by atoms with van der Waals surface area (Å²) in [5.41, 5.74) is 9.98. The van der Waals surface area contributed by atoms with Gasteiger partial charge in [-0.25, -0.2) is 4.98 Å². The molecule has 0 aromatic carbocycles. The van der Waals surface area contributed by atoms with Crippen LogP contribution in [0.15, 0.2) is 53.5 Å². The Morgan fingerprint density at radius 1 is 1.09 bits per heavy atom. The molecule has 0 radical (unpaired) electrons. The Kier molecular flexibility index (Phi) is 2.69. The molecule has 108 valence electrons. The summed E-state index contributed by atoms with van der Waals surface area (Å²) < 4.78 is 7.77. The SMILES string of the molecule is Cn1cc(-c2ccnc3cc(-c4ccc(N)nc4)oc23)cn1. The number of rotatable bonds is 2. The predicted octanol–water partition coefficient (Wildman–Crippen LogP) is 2.87. The van der Waals surface area contributed by atoms with Crippen LogP contribution < -0.4 is 5.73 Å². The summed E-state index contributed by atoms with van der Waals surface area (Å²) in [4.78, 5) is 8.47. The summed E-state index contributed by atoms with van der Waals surface area (Å²) in [6.45, 7) is 0. The fourth-order valence-electron chi connectivity index (χ4n) is 2.42. The number of fused-ring (bicyclic) bond motifs is 1. The van der Waals surface area contributed by atoms with E-state index in [1.54, 1.807) is 23.1 Å². The van der Waals surface area contributed by atoms with Crippen molar-refractivity contribution < 1.29 is 4.42 Å². The lowest BCUT2D eigenvalue weighted by molar-refractivity contribution is 0.631. The van der Waals surface area contributed by atoms with E-state index in [-0.39, 0.29) is 0 Å². The van der Waals surface area contributed by atoms with Gasteiger partial charge in [-0.15, -0.1) is 0 Å². The van der Waals surface area contributed by atoms with Gasteiger partial charge in [0.1, 0.15) is 17.1 Å². The smallest absolute Gasteiger partial charge is 0.161 e. The number of aromatic nitrogens is 4. The van der Waals surface area contributed by atoms with Crippen molar-refractivity contribution in [2.24, 2.45) is 7.05 Å². The van der Waals surface area contributed by atoms with E-state index < -0.39 is 0 Å². The third kappa shape index (κ3) is 2.01. The van der Waals surface area contributed by atoms with Crippen LogP contribution in [0.4, 0.5) is 5.82 Å². The number of aryl methyl sites for hydroxylation is 1. The van der Waals surface area contributed by atoms with Gasteiger partial charge in [-0.05, 0) is 18.2 Å². The van der Waals surface area contributed by atoms with Gasteiger partial charge in [-0.3, -0.25) is 9.67 Å². The zero-order chi connectivity index (χ0) is 15.1. The lowest BCUT2D eigenvalue weighted by Gasteiger charge is -1.98. The Hall–Kier alpha value is -3.15. The lowest BCUT2D eigenvalue weighted by atomic mass is 10.1. The molecule has 4 aromatic rings. The molecule has 6 heteroatoms. The maximum absolute atomic E-state index is 6.01. The molecule has 0 aliphatic heterocycles. The monoisotopic (exact) mass is 291 g/mol. The van der Waals surface area contributed by atoms with Gasteiger partial charge in [0.05, 0.1) is 6.20 Å². The summed E-state index contributed by atoms with van der Waals surface area (Å²) in [5.74, 6) is 1.19. The number of nitrogens with two attached hydrogens (primary N) is 1. The highest BCUT2D eigenvalue weighted by Gasteiger charge is 2.13. The van der Waals surface area contributed by atoms with Crippen LogP contribution in [-0.4, -0.2) is 19.7 Å². The maximum Gasteiger partial charge on any atom is 0.161 e. The number of anilines is 1. The van der Waals surface area contributed by atoms with Gasteiger partial charge in [0.2, 0.25) is 0 Å². The van der Waals surface area contributed by atoms with Crippen LogP contribution in [-0.2, 0) is 7.05 Å². The van der Waals surface area contributed by atoms with E-state index in [0.29, 0.717) is 11.6 Å². The van der Waals surface area contributed by atoms with Crippen LogP contribution in [0.1, 0.15) is 0 Å². The molecule has 0 aliphatic carbocycles. The van der Waals surface area contributed by atoms with Crippen molar-refractivity contribution in [2.75, 3.05) is 5.73 Å². The summed E-state index contributed by atoms with van der Waals surface area (Å²) in [5, 5.41) is 4.21. The fraction of sp³-hybridized carbons (Fsp3) is 0.0625. The maximum atomic E-state index is 6.01. The molecular weight excluding hydrogens is 278 g/mol. The van der Waals surface area contributed by atoms with Gasteiger partial charge in [0.15, 0.2) is 5.58 Å². The van der Waals surface area contributed by atoms with Crippen LogP contribution >= 0.6 is 0 Å². The van der Waals surface area contributed by atoms with E-state index in [0.717, 1.165) is 27.8 Å². The Morgan fingerprint density at radius 2 is 2.00 bits per heavy atom. The van der Waals surface area contributed by atoms with E-state index in [4.69, 9.17) is 10.2 Å². The summed E-state index contributed by atoms with van der Waals surface area (Å²) >= 11 is 0. The number of hydrogen-bond donors (Lipinski definition) is 1. The first-order valence-electron chi connectivity index (χ1n) is 6.80. The largest absolute Gasteiger partial charge is 0.454 e. The third-order valence-corrected chi connectivity index (χ3v) is 3.50. The Morgan fingerprint density at radius 3 is 2.73 bits per heavy atom. The zero-order valence-corrected chi connectivity index (χ0v) is 11.9. The number of hydrogen-bond acceptors (Lipinski definition) is 5. The molecule has 0 saturated heterocycles. The van der Waals surface area contributed by atoms with Crippen molar-refractivity contribution in [3.63, 3.8) is 0 Å². The molecule has 0 unspecified atom stereocenters. The predicted molar refractivity (Wildman–Crippen MR) is 83.9 cm³/mol. The van der Waals surface area contributed by atoms with Gasteiger partial charge in [-0.2, -0.15) is 5.10 Å². The van der Waals surface area contributed by atoms with Crippen LogP contribution in [0.25, 0.3) is 33.6 Å². The summed E-state index contributed by atoms with van der Waals surface area (Å²) in [6, 6.07) is 7.46. The van der Waals surface area contributed by atoms with Crippen LogP contribution in [0.2, 0.25) is 0 Å². The molecule has 2 N–H and O–H groups in total. The van der Waals surface area contributed by atoms with Crippen molar-refractivity contribution in [2.45, 2.75) is 0 Å². The molecule has 4 aromatic heterocycles. The molecule has 0 aliphatic rings. The first kappa shape index (κ1) is 12.6. The molecule has 0 atom stereocenters. The van der Waals surface area contributed by atoms with Crippen LogP contribution in [0.5, 0.6) is 0 Å². The van der Waals surface area contributed by atoms with Crippen molar-refractivity contribution in [3.05, 3.63) is 49.1 Å².